The van der Waals surface area contributed by atoms with Crippen LogP contribution in [0.5, 0.6) is 0 Å². The molecule has 0 fully saturated rings. The van der Waals surface area contributed by atoms with Crippen LogP contribution in [-0.4, -0.2) is 15.0 Å². The maximum absolute atomic E-state index is 14.3. The van der Waals surface area contributed by atoms with Crippen LogP contribution in [-0.2, 0) is 11.3 Å². The molecule has 1 N–H and O–H groups in total. The Balaban J connectivity index is 1.25. The molecule has 3 heterocycles. The molecule has 1 atom stereocenters. The normalized spacial score (nSPS) is 14.7. The molecule has 47 heavy (non-hydrogen) atoms. The van der Waals surface area contributed by atoms with E-state index < -0.39 is 6.04 Å². The third kappa shape index (κ3) is 5.20. The molecule has 1 aliphatic heterocycles. The quantitative estimate of drug-likeness (QED) is 0.214. The number of carbonyl (C=O) groups is 1. The number of nitrogens with one attached hydrogen (secondary N) is 1. The zero-order valence-corrected chi connectivity index (χ0v) is 26.4. The van der Waals surface area contributed by atoms with Crippen molar-refractivity contribution in [3.8, 4) is 0 Å². The molecule has 1 amide bonds. The van der Waals surface area contributed by atoms with Gasteiger partial charge in [-0.1, -0.05) is 121 Å². The van der Waals surface area contributed by atoms with Gasteiger partial charge in [-0.15, -0.1) is 0 Å². The molecule has 0 bridgehead atoms. The van der Waals surface area contributed by atoms with Crippen LogP contribution in [0, 0.1) is 0 Å². The first-order valence-corrected chi connectivity index (χ1v) is 16.4. The van der Waals surface area contributed by atoms with E-state index in [-0.39, 0.29) is 11.5 Å². The summed E-state index contributed by atoms with van der Waals surface area (Å²) in [6, 6.07) is 41.6. The second-order valence-corrected chi connectivity index (χ2v) is 12.7. The minimum atomic E-state index is -0.619. The number of carbonyl (C=O) groups excluding carboxylic acids is 1. The number of hydrogen-bond donors (Lipinski definition) is 1. The number of amides is 1. The molecule has 7 aromatic rings. The number of anilines is 1. The molecular formula is C40H30N4O2S. The number of hydrogen-bond acceptors (Lipinski definition) is 4. The molecule has 0 spiro atoms. The molecule has 0 radical (unpaired) electrons. The first-order valence-electron chi connectivity index (χ1n) is 15.5. The molecule has 2 aromatic heterocycles. The Morgan fingerprint density at radius 1 is 0.830 bits per heavy atom. The molecule has 1 aliphatic rings. The maximum atomic E-state index is 14.3. The van der Waals surface area contributed by atoms with Crippen molar-refractivity contribution in [3.05, 3.63) is 181 Å². The van der Waals surface area contributed by atoms with Gasteiger partial charge in [0.15, 0.2) is 4.80 Å². The standard InChI is InChI=1S/C40H30N4O2S/c1-26-36(38(45)42-31-18-6-3-7-19-31)37(28-14-4-2-5-15-28)44-39(46)35(47-40(44)41-26)23-30-25-43(34-22-11-10-21-33(30)34)24-29-17-12-16-27-13-8-9-20-32(27)29/h2-23,25,37H,24H2,1H3,(H,42,45). The van der Waals surface area contributed by atoms with E-state index in [0.717, 1.165) is 22.0 Å². The van der Waals surface area contributed by atoms with Crippen LogP contribution in [0.1, 0.15) is 29.7 Å². The number of aromatic nitrogens is 2. The highest BCUT2D eigenvalue weighted by Crippen LogP contribution is 2.31. The minimum Gasteiger partial charge on any atom is -0.342 e. The van der Waals surface area contributed by atoms with Gasteiger partial charge in [0.25, 0.3) is 11.5 Å². The summed E-state index contributed by atoms with van der Waals surface area (Å²) in [5.74, 6) is -0.280. The summed E-state index contributed by atoms with van der Waals surface area (Å²) in [6.45, 7) is 2.54. The van der Waals surface area contributed by atoms with Crippen LogP contribution < -0.4 is 20.2 Å². The molecular weight excluding hydrogens is 601 g/mol. The molecule has 0 saturated heterocycles. The maximum Gasteiger partial charge on any atom is 0.271 e. The Morgan fingerprint density at radius 2 is 1.51 bits per heavy atom. The van der Waals surface area contributed by atoms with Crippen molar-refractivity contribution >= 4 is 50.7 Å². The summed E-state index contributed by atoms with van der Waals surface area (Å²) < 4.78 is 4.49. The van der Waals surface area contributed by atoms with Crippen molar-refractivity contribution in [1.82, 2.24) is 9.13 Å². The van der Waals surface area contributed by atoms with Crippen molar-refractivity contribution in [2.24, 2.45) is 4.99 Å². The first kappa shape index (κ1) is 28.7. The molecule has 5 aromatic carbocycles. The molecule has 228 valence electrons. The molecule has 1 unspecified atom stereocenters. The van der Waals surface area contributed by atoms with Gasteiger partial charge in [0.1, 0.15) is 0 Å². The summed E-state index contributed by atoms with van der Waals surface area (Å²) in [5.41, 5.74) is 5.68. The van der Waals surface area contributed by atoms with Crippen LogP contribution in [0.15, 0.2) is 155 Å². The third-order valence-electron chi connectivity index (χ3n) is 8.74. The molecule has 6 nitrogen and oxygen atoms in total. The first-order chi connectivity index (χ1) is 23.0. The van der Waals surface area contributed by atoms with E-state index in [4.69, 9.17) is 4.99 Å². The largest absolute Gasteiger partial charge is 0.342 e. The lowest BCUT2D eigenvalue weighted by Gasteiger charge is -2.25. The van der Waals surface area contributed by atoms with E-state index in [1.54, 1.807) is 4.57 Å². The van der Waals surface area contributed by atoms with E-state index in [1.165, 1.54) is 27.7 Å². The molecule has 0 saturated carbocycles. The highest BCUT2D eigenvalue weighted by atomic mass is 32.1. The smallest absolute Gasteiger partial charge is 0.271 e. The summed E-state index contributed by atoms with van der Waals surface area (Å²) in [6.07, 6.45) is 4.10. The summed E-state index contributed by atoms with van der Waals surface area (Å²) >= 11 is 1.35. The van der Waals surface area contributed by atoms with Gasteiger partial charge in [0.2, 0.25) is 0 Å². The van der Waals surface area contributed by atoms with Crippen LogP contribution in [0.4, 0.5) is 5.69 Å². The number of fused-ring (bicyclic) bond motifs is 3. The highest BCUT2D eigenvalue weighted by Gasteiger charge is 2.32. The van der Waals surface area contributed by atoms with Crippen LogP contribution >= 0.6 is 11.3 Å². The second kappa shape index (κ2) is 11.9. The predicted molar refractivity (Wildman–Crippen MR) is 190 cm³/mol. The fourth-order valence-electron chi connectivity index (χ4n) is 6.56. The lowest BCUT2D eigenvalue weighted by molar-refractivity contribution is -0.113. The van der Waals surface area contributed by atoms with Crippen molar-refractivity contribution < 1.29 is 4.79 Å². The van der Waals surface area contributed by atoms with Gasteiger partial charge in [-0.05, 0) is 53.1 Å². The monoisotopic (exact) mass is 630 g/mol. The van der Waals surface area contributed by atoms with E-state index in [0.29, 0.717) is 32.8 Å². The highest BCUT2D eigenvalue weighted by molar-refractivity contribution is 7.07. The van der Waals surface area contributed by atoms with Crippen LogP contribution in [0.2, 0.25) is 0 Å². The number of nitrogens with zero attached hydrogens (tertiary/aromatic N) is 3. The average Bonchev–Trinajstić information content (AvgIpc) is 3.60. The van der Waals surface area contributed by atoms with E-state index in [2.05, 4.69) is 70.7 Å². The van der Waals surface area contributed by atoms with Gasteiger partial charge >= 0.3 is 0 Å². The predicted octanol–water partition coefficient (Wildman–Crippen LogP) is 7.03. The van der Waals surface area contributed by atoms with Gasteiger partial charge in [0, 0.05) is 34.9 Å². The van der Waals surface area contributed by atoms with Crippen LogP contribution in [0.3, 0.4) is 0 Å². The average molecular weight is 631 g/mol. The Kier molecular flexibility index (Phi) is 7.23. The summed E-state index contributed by atoms with van der Waals surface area (Å²) in [7, 11) is 0. The number of allylic oxidation sites excluding steroid dienone is 1. The lowest BCUT2D eigenvalue weighted by atomic mass is 9.95. The van der Waals surface area contributed by atoms with E-state index >= 15 is 0 Å². The number of benzene rings is 5. The number of para-hydroxylation sites is 2. The van der Waals surface area contributed by atoms with Gasteiger partial charge in [-0.25, -0.2) is 4.99 Å². The third-order valence-corrected chi connectivity index (χ3v) is 9.72. The topological polar surface area (TPSA) is 68.4 Å². The fraction of sp³-hybridized carbons (Fsp3) is 0.0750. The Morgan fingerprint density at radius 3 is 2.32 bits per heavy atom. The van der Waals surface area contributed by atoms with Gasteiger partial charge in [-0.2, -0.15) is 0 Å². The van der Waals surface area contributed by atoms with Gasteiger partial charge in [0.05, 0.1) is 21.8 Å². The number of rotatable bonds is 6. The van der Waals surface area contributed by atoms with Crippen molar-refractivity contribution in [3.63, 3.8) is 0 Å². The minimum absolute atomic E-state index is 0.175. The molecule has 7 heteroatoms. The van der Waals surface area contributed by atoms with Gasteiger partial charge < -0.3 is 9.88 Å². The molecule has 0 aliphatic carbocycles. The van der Waals surface area contributed by atoms with Crippen LogP contribution in [0.25, 0.3) is 27.8 Å². The molecule has 8 rings (SSSR count). The van der Waals surface area contributed by atoms with E-state index in [1.807, 2.05) is 85.8 Å². The Hall–Kier alpha value is -5.79. The van der Waals surface area contributed by atoms with Crippen molar-refractivity contribution in [2.45, 2.75) is 19.5 Å². The van der Waals surface area contributed by atoms with Crippen molar-refractivity contribution in [1.29, 1.82) is 0 Å². The summed E-state index contributed by atoms with van der Waals surface area (Å²) in [5, 5.41) is 6.52. The van der Waals surface area contributed by atoms with Gasteiger partial charge in [-0.3, -0.25) is 14.2 Å². The number of thiazole rings is 1. The zero-order valence-electron chi connectivity index (χ0n) is 25.6. The Bertz CT molecular complexity index is 2520. The van der Waals surface area contributed by atoms with Crippen molar-refractivity contribution in [2.75, 3.05) is 5.32 Å². The second-order valence-electron chi connectivity index (χ2n) is 11.7. The Labute approximate surface area is 274 Å². The summed E-state index contributed by atoms with van der Waals surface area (Å²) in [4.78, 5) is 33.5. The SMILES string of the molecule is CC1=C(C(=O)Nc2ccccc2)C(c2ccccc2)n2c(sc(=Cc3cn(Cc4cccc5ccccc45)c4ccccc34)c2=O)=N1. The lowest BCUT2D eigenvalue weighted by Crippen LogP contribution is -2.40. The van der Waals surface area contributed by atoms with E-state index in [9.17, 15) is 9.59 Å². The zero-order chi connectivity index (χ0) is 31.9. The fourth-order valence-corrected chi connectivity index (χ4v) is 7.60.